The van der Waals surface area contributed by atoms with Gasteiger partial charge in [-0.25, -0.2) is 4.79 Å². The van der Waals surface area contributed by atoms with E-state index in [2.05, 4.69) is 23.1 Å². The second-order valence-corrected chi connectivity index (χ2v) is 15.7. The average Bonchev–Trinajstić information content (AvgIpc) is 3.66. The lowest BCUT2D eigenvalue weighted by Gasteiger charge is -2.58. The molecule has 0 spiro atoms. The topological polar surface area (TPSA) is 119 Å². The van der Waals surface area contributed by atoms with Crippen LogP contribution < -0.4 is 14.8 Å². The van der Waals surface area contributed by atoms with Crippen molar-refractivity contribution in [1.29, 1.82) is 0 Å². The first-order chi connectivity index (χ1) is 25.0. The standard InChI is InChI=1S/C41H54N2O7S/c1-3-23-48-41-37(51-31-16-7-8-17-31)26-35(43-47-2)33-24-29(15-9-11-21-44)32(18-10-12-22-45)38(39(33)41)34-25-30(19-20-36(34)50-41)49-40(46)42-27-28-13-5-4-6-14-28/h3-6,13-14,19-20,24-25,29,31-32,37-39,44-45H,1,7-12,15-18,21-23,26-27H2,2H3,(H,42,46)/t29-,32+,37-,38+,39+,41+/m0/s1. The van der Waals surface area contributed by atoms with E-state index in [1.807, 2.05) is 54.2 Å². The van der Waals surface area contributed by atoms with E-state index in [-0.39, 0.29) is 42.1 Å². The Morgan fingerprint density at radius 1 is 1.08 bits per heavy atom. The van der Waals surface area contributed by atoms with Crippen LogP contribution in [0.1, 0.15) is 87.7 Å². The van der Waals surface area contributed by atoms with Gasteiger partial charge in [0.25, 0.3) is 0 Å². The monoisotopic (exact) mass is 718 g/mol. The number of amides is 1. The lowest BCUT2D eigenvalue weighted by molar-refractivity contribution is -0.223. The van der Waals surface area contributed by atoms with Crippen molar-refractivity contribution in [3.8, 4) is 11.5 Å². The van der Waals surface area contributed by atoms with Crippen molar-refractivity contribution >= 4 is 23.6 Å². The Morgan fingerprint density at radius 3 is 2.57 bits per heavy atom. The Bertz CT molecular complexity index is 1530. The van der Waals surface area contributed by atoms with Crippen molar-refractivity contribution in [1.82, 2.24) is 5.32 Å². The van der Waals surface area contributed by atoms with Crippen molar-refractivity contribution < 1.29 is 34.1 Å². The first-order valence-corrected chi connectivity index (χ1v) is 19.7. The second-order valence-electron chi connectivity index (χ2n) is 14.2. The molecule has 10 heteroatoms. The number of unbranched alkanes of at least 4 members (excludes halogenated alkanes) is 2. The van der Waals surface area contributed by atoms with Crippen LogP contribution in [-0.4, -0.2) is 65.2 Å². The van der Waals surface area contributed by atoms with Crippen molar-refractivity contribution in [2.45, 2.75) is 99.4 Å². The van der Waals surface area contributed by atoms with Gasteiger partial charge in [0.2, 0.25) is 5.79 Å². The summed E-state index contributed by atoms with van der Waals surface area (Å²) in [5.41, 5.74) is 4.00. The fraction of sp³-hybridized carbons (Fsp3) is 0.561. The van der Waals surface area contributed by atoms with Crippen molar-refractivity contribution in [2.75, 3.05) is 26.9 Å². The van der Waals surface area contributed by atoms with Gasteiger partial charge in [-0.1, -0.05) is 73.3 Å². The number of carbonyl (C=O) groups is 1. The number of fused-ring (bicyclic) bond motifs is 2. The Kier molecular flexibility index (Phi) is 13.2. The third-order valence-corrected chi connectivity index (χ3v) is 12.7. The van der Waals surface area contributed by atoms with Crippen LogP contribution in [0.4, 0.5) is 4.79 Å². The van der Waals surface area contributed by atoms with E-state index in [4.69, 9.17) is 19.0 Å². The molecule has 0 saturated heterocycles. The van der Waals surface area contributed by atoms with Crippen LogP contribution in [0, 0.1) is 17.8 Å². The molecule has 3 aliphatic carbocycles. The summed E-state index contributed by atoms with van der Waals surface area (Å²) in [5, 5.41) is 27.5. The van der Waals surface area contributed by atoms with Gasteiger partial charge in [0.15, 0.2) is 0 Å². The lowest BCUT2D eigenvalue weighted by atomic mass is 9.56. The number of hydrogen-bond acceptors (Lipinski definition) is 9. The van der Waals surface area contributed by atoms with E-state index in [9.17, 15) is 15.0 Å². The normalized spacial score (nSPS) is 27.5. The largest absolute Gasteiger partial charge is 0.460 e. The van der Waals surface area contributed by atoms with Crippen LogP contribution in [0.15, 0.2) is 78.0 Å². The van der Waals surface area contributed by atoms with Gasteiger partial charge in [-0.2, -0.15) is 0 Å². The third kappa shape index (κ3) is 8.51. The molecule has 1 heterocycles. The molecule has 0 radical (unpaired) electrons. The van der Waals surface area contributed by atoms with Crippen LogP contribution in [0.3, 0.4) is 0 Å². The summed E-state index contributed by atoms with van der Waals surface area (Å²) < 4.78 is 20.1. The molecule has 0 bridgehead atoms. The number of thioether (sulfide) groups is 1. The highest BCUT2D eigenvalue weighted by molar-refractivity contribution is 8.00. The molecule has 6 atom stereocenters. The maximum absolute atomic E-state index is 13.0. The predicted molar refractivity (Wildman–Crippen MR) is 201 cm³/mol. The van der Waals surface area contributed by atoms with Crippen LogP contribution in [0.2, 0.25) is 0 Å². The Balaban J connectivity index is 1.44. The zero-order valence-corrected chi connectivity index (χ0v) is 30.7. The molecule has 3 N–H and O–H groups in total. The van der Waals surface area contributed by atoms with E-state index in [1.165, 1.54) is 25.7 Å². The van der Waals surface area contributed by atoms with Crippen molar-refractivity contribution in [3.63, 3.8) is 0 Å². The zero-order chi connectivity index (χ0) is 35.6. The number of rotatable bonds is 17. The van der Waals surface area contributed by atoms with Crippen molar-refractivity contribution in [2.24, 2.45) is 22.9 Å². The fourth-order valence-electron chi connectivity index (χ4n) is 8.79. The molecule has 0 aromatic heterocycles. The van der Waals surface area contributed by atoms with Crippen LogP contribution >= 0.6 is 11.8 Å². The summed E-state index contributed by atoms with van der Waals surface area (Å²) in [6.45, 7) is 5.01. The molecule has 276 valence electrons. The van der Waals surface area contributed by atoms with E-state index in [0.717, 1.165) is 66.7 Å². The van der Waals surface area contributed by atoms with Gasteiger partial charge in [-0.15, -0.1) is 18.3 Å². The van der Waals surface area contributed by atoms with Crippen LogP contribution in [-0.2, 0) is 16.1 Å². The summed E-state index contributed by atoms with van der Waals surface area (Å²) in [6, 6.07) is 15.5. The van der Waals surface area contributed by atoms with Crippen LogP contribution in [0.5, 0.6) is 11.5 Å². The summed E-state index contributed by atoms with van der Waals surface area (Å²) in [4.78, 5) is 18.6. The number of hydrogen-bond donors (Lipinski definition) is 3. The molecule has 2 fully saturated rings. The van der Waals surface area contributed by atoms with Gasteiger partial charge in [0.05, 0.1) is 23.5 Å². The Morgan fingerprint density at radius 2 is 1.84 bits per heavy atom. The first kappa shape index (κ1) is 37.4. The number of carbonyl (C=O) groups excluding carboxylic acids is 1. The minimum atomic E-state index is -0.988. The van der Waals surface area contributed by atoms with E-state index < -0.39 is 11.9 Å². The molecule has 4 aliphatic rings. The molecular weight excluding hydrogens is 665 g/mol. The number of aliphatic hydroxyl groups excluding tert-OH is 2. The number of allylic oxidation sites excluding steroid dienone is 1. The smallest absolute Gasteiger partial charge is 0.412 e. The number of benzene rings is 2. The molecule has 9 nitrogen and oxygen atoms in total. The number of oxime groups is 1. The second kappa shape index (κ2) is 17.9. The molecule has 1 amide bonds. The quantitative estimate of drug-likeness (QED) is 0.0858. The Labute approximate surface area is 306 Å². The summed E-state index contributed by atoms with van der Waals surface area (Å²) in [5.74, 6) is 0.308. The van der Waals surface area contributed by atoms with E-state index in [1.54, 1.807) is 19.3 Å². The zero-order valence-electron chi connectivity index (χ0n) is 29.8. The van der Waals surface area contributed by atoms with Gasteiger partial charge in [0.1, 0.15) is 18.6 Å². The summed E-state index contributed by atoms with van der Waals surface area (Å²) >= 11 is 1.98. The number of nitrogens with one attached hydrogen (secondary N) is 1. The van der Waals surface area contributed by atoms with Gasteiger partial charge in [0, 0.05) is 42.9 Å². The Hall–Kier alpha value is -3.31. The van der Waals surface area contributed by atoms with Gasteiger partial charge in [-0.3, -0.25) is 0 Å². The fourth-order valence-corrected chi connectivity index (χ4v) is 10.6. The van der Waals surface area contributed by atoms with Gasteiger partial charge in [-0.05, 0) is 79.7 Å². The first-order valence-electron chi connectivity index (χ1n) is 18.8. The third-order valence-electron chi connectivity index (χ3n) is 11.0. The molecule has 2 saturated carbocycles. The van der Waals surface area contributed by atoms with E-state index in [0.29, 0.717) is 30.6 Å². The summed E-state index contributed by atoms with van der Waals surface area (Å²) in [7, 11) is 1.61. The molecule has 2 aromatic rings. The molecular formula is C41H54N2O7S. The van der Waals surface area contributed by atoms with Crippen LogP contribution in [0.25, 0.3) is 0 Å². The molecule has 6 rings (SSSR count). The van der Waals surface area contributed by atoms with E-state index >= 15 is 0 Å². The highest BCUT2D eigenvalue weighted by Crippen LogP contribution is 2.63. The summed E-state index contributed by atoms with van der Waals surface area (Å²) in [6.07, 6.45) is 14.2. The average molecular weight is 719 g/mol. The minimum absolute atomic E-state index is 0.0454. The molecule has 0 unspecified atom stereocenters. The lowest BCUT2D eigenvalue weighted by Crippen LogP contribution is -2.64. The van der Waals surface area contributed by atoms with Gasteiger partial charge < -0.3 is 34.6 Å². The molecule has 1 aliphatic heterocycles. The number of nitrogens with zero attached hydrogens (tertiary/aromatic N) is 1. The predicted octanol–water partition coefficient (Wildman–Crippen LogP) is 7.91. The number of aliphatic hydroxyl groups is 2. The number of ether oxygens (including phenoxy) is 3. The molecule has 51 heavy (non-hydrogen) atoms. The SMILES string of the molecule is C=CCO[C@@]12Oc3ccc(OC(=O)NCc4ccccc4)cc3[C@H]3[C@H](CCCCO)[C@@H](CCCCO)C=C(C(=NOC)C[C@@H]1SC1CCCC1)[C@H]32. The van der Waals surface area contributed by atoms with Gasteiger partial charge >= 0.3 is 6.09 Å². The maximum Gasteiger partial charge on any atom is 0.412 e. The highest BCUT2D eigenvalue weighted by Gasteiger charge is 2.64. The maximum atomic E-state index is 13.0. The highest BCUT2D eigenvalue weighted by atomic mass is 32.2. The molecule has 2 aromatic carbocycles. The van der Waals surface area contributed by atoms with Crippen molar-refractivity contribution in [3.05, 3.63) is 84.0 Å². The minimum Gasteiger partial charge on any atom is -0.460 e.